The van der Waals surface area contributed by atoms with Crippen molar-refractivity contribution in [2.24, 2.45) is 10.2 Å². The number of fused-ring (bicyclic) bond motifs is 1. The lowest BCUT2D eigenvalue weighted by molar-refractivity contribution is 0.475. The van der Waals surface area contributed by atoms with Crippen LogP contribution in [0.5, 0.6) is 5.75 Å². The Balaban J connectivity index is 1.84. The third-order valence-corrected chi connectivity index (χ3v) is 4.50. The van der Waals surface area contributed by atoms with Crippen LogP contribution in [-0.4, -0.2) is 14.5 Å². The molecule has 0 unspecified atom stereocenters. The lowest BCUT2D eigenvalue weighted by Crippen LogP contribution is -1.84. The van der Waals surface area contributed by atoms with Gasteiger partial charge in [-0.05, 0) is 60.9 Å². The molecule has 134 valence electrons. The first-order valence-electron chi connectivity index (χ1n) is 8.93. The molecule has 1 N–H and O–H groups in total. The fraction of sp³-hybridized carbons (Fsp3) is 0.136. The Kier molecular flexibility index (Phi) is 4.42. The first-order valence-corrected chi connectivity index (χ1v) is 8.93. The Morgan fingerprint density at radius 3 is 2.41 bits per heavy atom. The van der Waals surface area contributed by atoms with Crippen molar-refractivity contribution in [1.82, 2.24) is 9.38 Å². The molecule has 0 atom stereocenters. The van der Waals surface area contributed by atoms with Crippen molar-refractivity contribution in [1.29, 1.82) is 0 Å². The summed E-state index contributed by atoms with van der Waals surface area (Å²) in [4.78, 5) is 4.79. The summed E-state index contributed by atoms with van der Waals surface area (Å²) < 4.78 is 1.94. The van der Waals surface area contributed by atoms with Gasteiger partial charge in [0.15, 0.2) is 5.82 Å². The molecule has 2 heterocycles. The molecule has 2 aromatic carbocycles. The number of nitrogens with zero attached hydrogens (tertiary/aromatic N) is 4. The number of phenols is 1. The second-order valence-corrected chi connectivity index (χ2v) is 6.48. The fourth-order valence-corrected chi connectivity index (χ4v) is 2.95. The van der Waals surface area contributed by atoms with Gasteiger partial charge in [0.2, 0.25) is 0 Å². The number of rotatable bonds is 4. The van der Waals surface area contributed by atoms with E-state index in [1.165, 1.54) is 5.56 Å². The number of benzene rings is 2. The highest BCUT2D eigenvalue weighted by Crippen LogP contribution is 2.33. The zero-order chi connectivity index (χ0) is 18.8. The van der Waals surface area contributed by atoms with Crippen LogP contribution in [-0.2, 0) is 6.42 Å². The maximum Gasteiger partial charge on any atom is 0.187 e. The number of aromatic nitrogens is 2. The quantitative estimate of drug-likeness (QED) is 0.456. The Morgan fingerprint density at radius 1 is 0.963 bits per heavy atom. The van der Waals surface area contributed by atoms with Crippen molar-refractivity contribution in [3.63, 3.8) is 0 Å². The smallest absolute Gasteiger partial charge is 0.187 e. The van der Waals surface area contributed by atoms with Crippen molar-refractivity contribution in [3.05, 3.63) is 78.0 Å². The van der Waals surface area contributed by atoms with Gasteiger partial charge in [-0.15, -0.1) is 10.2 Å². The van der Waals surface area contributed by atoms with E-state index in [4.69, 9.17) is 4.98 Å². The number of hydrogen-bond donors (Lipinski definition) is 1. The molecular weight excluding hydrogens is 336 g/mol. The second kappa shape index (κ2) is 7.03. The highest BCUT2D eigenvalue weighted by molar-refractivity contribution is 5.74. The van der Waals surface area contributed by atoms with E-state index in [1.54, 1.807) is 24.3 Å². The van der Waals surface area contributed by atoms with Crippen LogP contribution in [0.3, 0.4) is 0 Å². The van der Waals surface area contributed by atoms with Crippen LogP contribution in [0.15, 0.2) is 77.1 Å². The van der Waals surface area contributed by atoms with Gasteiger partial charge in [-0.2, -0.15) is 0 Å². The first-order chi connectivity index (χ1) is 13.1. The average Bonchev–Trinajstić information content (AvgIpc) is 3.05. The molecule has 0 saturated carbocycles. The molecule has 0 fully saturated rings. The van der Waals surface area contributed by atoms with Crippen LogP contribution >= 0.6 is 0 Å². The lowest BCUT2D eigenvalue weighted by atomic mass is 10.1. The summed E-state index contributed by atoms with van der Waals surface area (Å²) in [6.45, 7) is 4.18. The molecule has 0 aliphatic carbocycles. The highest BCUT2D eigenvalue weighted by atomic mass is 16.3. The van der Waals surface area contributed by atoms with Gasteiger partial charge < -0.3 is 5.11 Å². The van der Waals surface area contributed by atoms with Gasteiger partial charge >= 0.3 is 0 Å². The summed E-state index contributed by atoms with van der Waals surface area (Å²) in [7, 11) is 0. The van der Waals surface area contributed by atoms with Gasteiger partial charge in [0.25, 0.3) is 0 Å². The van der Waals surface area contributed by atoms with Gasteiger partial charge in [0, 0.05) is 11.8 Å². The van der Waals surface area contributed by atoms with Crippen molar-refractivity contribution in [2.75, 3.05) is 0 Å². The van der Waals surface area contributed by atoms with Gasteiger partial charge in [-0.3, -0.25) is 4.40 Å². The molecule has 0 saturated heterocycles. The van der Waals surface area contributed by atoms with Crippen LogP contribution in [0.2, 0.25) is 0 Å². The van der Waals surface area contributed by atoms with Crippen molar-refractivity contribution >= 4 is 17.2 Å². The van der Waals surface area contributed by atoms with Crippen LogP contribution in [0, 0.1) is 6.92 Å². The summed E-state index contributed by atoms with van der Waals surface area (Å²) in [5, 5.41) is 18.2. The molecule has 0 aliphatic heterocycles. The summed E-state index contributed by atoms with van der Waals surface area (Å²) in [5.41, 5.74) is 5.73. The fourth-order valence-electron chi connectivity index (χ4n) is 2.95. The summed E-state index contributed by atoms with van der Waals surface area (Å²) in [5.74, 6) is 0.887. The molecule has 4 rings (SSSR count). The minimum absolute atomic E-state index is 0.205. The Labute approximate surface area is 157 Å². The van der Waals surface area contributed by atoms with Crippen LogP contribution in [0.4, 0.5) is 11.5 Å². The molecule has 5 nitrogen and oxygen atoms in total. The van der Waals surface area contributed by atoms with Gasteiger partial charge in [-0.1, -0.05) is 31.2 Å². The molecule has 0 radical (unpaired) electrons. The Morgan fingerprint density at radius 2 is 1.70 bits per heavy atom. The van der Waals surface area contributed by atoms with Crippen LogP contribution in [0.25, 0.3) is 16.9 Å². The number of hydrogen-bond acceptors (Lipinski definition) is 4. The predicted molar refractivity (Wildman–Crippen MR) is 107 cm³/mol. The monoisotopic (exact) mass is 356 g/mol. The van der Waals surface area contributed by atoms with Crippen molar-refractivity contribution in [2.45, 2.75) is 20.3 Å². The van der Waals surface area contributed by atoms with Gasteiger partial charge in [0.1, 0.15) is 17.1 Å². The zero-order valence-electron chi connectivity index (χ0n) is 15.3. The SMILES string of the molecule is CCc1ccc(-c2nc3cc(C)ccn3c2N=Nc2ccc(O)cc2)cc1. The number of aryl methyl sites for hydroxylation is 2. The molecule has 0 bridgehead atoms. The molecule has 27 heavy (non-hydrogen) atoms. The maximum atomic E-state index is 9.43. The van der Waals surface area contributed by atoms with Crippen molar-refractivity contribution < 1.29 is 5.11 Å². The third kappa shape index (κ3) is 3.44. The number of pyridine rings is 1. The second-order valence-electron chi connectivity index (χ2n) is 6.48. The number of imidazole rings is 1. The summed E-state index contributed by atoms with van der Waals surface area (Å²) in [6, 6.07) is 19.1. The predicted octanol–water partition coefficient (Wildman–Crippen LogP) is 5.99. The molecule has 0 aliphatic rings. The summed E-state index contributed by atoms with van der Waals surface area (Å²) in [6.07, 6.45) is 2.96. The van der Waals surface area contributed by atoms with E-state index in [2.05, 4.69) is 41.4 Å². The minimum Gasteiger partial charge on any atom is -0.508 e. The van der Waals surface area contributed by atoms with Gasteiger partial charge in [-0.25, -0.2) is 4.98 Å². The van der Waals surface area contributed by atoms with E-state index in [1.807, 2.05) is 29.7 Å². The van der Waals surface area contributed by atoms with E-state index in [0.29, 0.717) is 11.5 Å². The van der Waals surface area contributed by atoms with Crippen molar-refractivity contribution in [3.8, 4) is 17.0 Å². The standard InChI is InChI=1S/C22H20N4O/c1-3-16-4-6-17(7-5-16)21-22(25-24-18-8-10-19(27)11-9-18)26-13-12-15(2)14-20(26)23-21/h4-14,27H,3H2,1-2H3. The molecular formula is C22H20N4O. The number of aromatic hydroxyl groups is 1. The minimum atomic E-state index is 0.205. The van der Waals surface area contributed by atoms with E-state index in [0.717, 1.165) is 28.9 Å². The largest absolute Gasteiger partial charge is 0.508 e. The summed E-state index contributed by atoms with van der Waals surface area (Å²) >= 11 is 0. The van der Waals surface area contributed by atoms with E-state index in [9.17, 15) is 5.11 Å². The van der Waals surface area contributed by atoms with E-state index < -0.39 is 0 Å². The third-order valence-electron chi connectivity index (χ3n) is 4.50. The van der Waals surface area contributed by atoms with E-state index in [-0.39, 0.29) is 5.75 Å². The topological polar surface area (TPSA) is 62.2 Å². The zero-order valence-corrected chi connectivity index (χ0v) is 15.3. The maximum absolute atomic E-state index is 9.43. The molecule has 0 spiro atoms. The molecule has 0 amide bonds. The number of phenolic OH excluding ortho intramolecular Hbond substituents is 1. The Hall–Kier alpha value is -3.47. The average molecular weight is 356 g/mol. The Bertz CT molecular complexity index is 1110. The molecule has 2 aromatic heterocycles. The highest BCUT2D eigenvalue weighted by Gasteiger charge is 2.14. The van der Waals surface area contributed by atoms with Gasteiger partial charge in [0.05, 0.1) is 5.69 Å². The normalized spacial score (nSPS) is 11.5. The lowest BCUT2D eigenvalue weighted by Gasteiger charge is -2.02. The number of azo groups is 1. The van der Waals surface area contributed by atoms with Crippen LogP contribution < -0.4 is 0 Å². The van der Waals surface area contributed by atoms with E-state index >= 15 is 0 Å². The molecule has 4 aromatic rings. The molecule has 5 heteroatoms. The first kappa shape index (κ1) is 17.0. The van der Waals surface area contributed by atoms with Crippen LogP contribution in [0.1, 0.15) is 18.1 Å².